The molecule has 3 rings (SSSR count). The van der Waals surface area contributed by atoms with Gasteiger partial charge < -0.3 is 9.64 Å². The Hall–Kier alpha value is -2.30. The van der Waals surface area contributed by atoms with Crippen molar-refractivity contribution in [2.45, 2.75) is 0 Å². The van der Waals surface area contributed by atoms with Gasteiger partial charge >= 0.3 is 5.97 Å². The van der Waals surface area contributed by atoms with Gasteiger partial charge in [0.05, 0.1) is 0 Å². The van der Waals surface area contributed by atoms with Gasteiger partial charge in [0, 0.05) is 36.1 Å². The number of rotatable bonds is 7. The van der Waals surface area contributed by atoms with Crippen LogP contribution in [-0.4, -0.2) is 36.7 Å². The van der Waals surface area contributed by atoms with E-state index in [-0.39, 0.29) is 5.70 Å². The zero-order valence-electron chi connectivity index (χ0n) is 14.1. The zero-order valence-corrected chi connectivity index (χ0v) is 15.6. The van der Waals surface area contributed by atoms with Crippen molar-refractivity contribution < 1.29 is 9.53 Å². The number of ether oxygens (including phenoxy) is 1. The summed E-state index contributed by atoms with van der Waals surface area (Å²) in [5, 5.41) is 0. The topological polar surface area (TPSA) is 41.9 Å². The third-order valence-electron chi connectivity index (χ3n) is 3.91. The molecule has 2 aromatic rings. The van der Waals surface area contributed by atoms with Crippen molar-refractivity contribution in [3.8, 4) is 0 Å². The number of carbonyl (C=O) groups is 1. The van der Waals surface area contributed by atoms with Crippen molar-refractivity contribution in [3.05, 3.63) is 71.4 Å². The minimum absolute atomic E-state index is 0.287. The van der Waals surface area contributed by atoms with Gasteiger partial charge in [-0.2, -0.15) is 0 Å². The first-order chi connectivity index (χ1) is 12.7. The van der Waals surface area contributed by atoms with Crippen molar-refractivity contribution in [3.63, 3.8) is 0 Å². The van der Waals surface area contributed by atoms with Crippen LogP contribution in [0.5, 0.6) is 0 Å². The maximum absolute atomic E-state index is 12.1. The second-order valence-electron chi connectivity index (χ2n) is 5.66. The summed E-state index contributed by atoms with van der Waals surface area (Å²) in [7, 11) is 0. The molecule has 0 aliphatic carbocycles. The van der Waals surface area contributed by atoms with Gasteiger partial charge in [0.1, 0.15) is 0 Å². The highest BCUT2D eigenvalue weighted by atomic mass is 35.5. The average Bonchev–Trinajstić information content (AvgIpc) is 3.03. The number of anilines is 1. The van der Waals surface area contributed by atoms with Gasteiger partial charge in [0.25, 0.3) is 0 Å². The molecule has 1 aliphatic rings. The van der Waals surface area contributed by atoms with E-state index in [0.717, 1.165) is 29.9 Å². The van der Waals surface area contributed by atoms with Crippen LogP contribution in [0, 0.1) is 0 Å². The van der Waals surface area contributed by atoms with E-state index in [1.54, 1.807) is 6.08 Å². The number of esters is 1. The Morgan fingerprint density at radius 1 is 0.962 bits per heavy atom. The molecule has 0 bridgehead atoms. The van der Waals surface area contributed by atoms with Crippen LogP contribution in [0.3, 0.4) is 0 Å². The maximum atomic E-state index is 12.1. The lowest BCUT2D eigenvalue weighted by Crippen LogP contribution is -2.27. The number of carbonyl (C=O) groups excluding carboxylic acids is 1. The maximum Gasteiger partial charge on any atom is 0.363 e. The van der Waals surface area contributed by atoms with Gasteiger partial charge in [0.15, 0.2) is 5.70 Å². The van der Waals surface area contributed by atoms with Gasteiger partial charge in [-0.25, -0.2) is 9.79 Å². The summed E-state index contributed by atoms with van der Waals surface area (Å²) >= 11 is 11.7. The monoisotopic (exact) mass is 388 g/mol. The number of benzene rings is 2. The number of hydrogen-bond acceptors (Lipinski definition) is 4. The smallest absolute Gasteiger partial charge is 0.363 e. The lowest BCUT2D eigenvalue weighted by atomic mass is 10.1. The quantitative estimate of drug-likeness (QED) is 0.403. The van der Waals surface area contributed by atoms with Crippen LogP contribution in [0.15, 0.2) is 65.3 Å². The lowest BCUT2D eigenvalue weighted by molar-refractivity contribution is -0.129. The van der Waals surface area contributed by atoms with Crippen LogP contribution in [0.2, 0.25) is 0 Å². The van der Waals surface area contributed by atoms with Crippen LogP contribution in [0.25, 0.3) is 6.08 Å². The number of nitrogens with zero attached hydrogens (tertiary/aromatic N) is 2. The molecule has 0 N–H and O–H groups in total. The molecule has 0 saturated heterocycles. The van der Waals surface area contributed by atoms with Crippen molar-refractivity contribution in [2.24, 2.45) is 4.99 Å². The fraction of sp³-hybridized carbons (Fsp3) is 0.200. The Morgan fingerprint density at radius 2 is 1.62 bits per heavy atom. The summed E-state index contributed by atoms with van der Waals surface area (Å²) in [6, 6.07) is 17.2. The van der Waals surface area contributed by atoms with Gasteiger partial charge in [-0.3, -0.25) is 0 Å². The number of alkyl halides is 2. The number of cyclic esters (lactones) is 1. The highest BCUT2D eigenvalue weighted by molar-refractivity contribution is 6.18. The molecule has 0 saturated carbocycles. The number of hydrogen-bond donors (Lipinski definition) is 0. The van der Waals surface area contributed by atoms with Crippen molar-refractivity contribution in [1.29, 1.82) is 0 Å². The Kier molecular flexibility index (Phi) is 6.31. The molecular weight excluding hydrogens is 371 g/mol. The summed E-state index contributed by atoms with van der Waals surface area (Å²) in [5.41, 5.74) is 2.97. The van der Waals surface area contributed by atoms with E-state index < -0.39 is 5.97 Å². The first-order valence-electron chi connectivity index (χ1n) is 8.26. The van der Waals surface area contributed by atoms with Crippen LogP contribution >= 0.6 is 23.2 Å². The van der Waals surface area contributed by atoms with E-state index in [0.29, 0.717) is 17.7 Å². The minimum Gasteiger partial charge on any atom is -0.402 e. The molecule has 0 atom stereocenters. The van der Waals surface area contributed by atoms with Crippen LogP contribution in [-0.2, 0) is 9.53 Å². The normalized spacial score (nSPS) is 15.1. The highest BCUT2D eigenvalue weighted by Gasteiger charge is 2.23. The van der Waals surface area contributed by atoms with Crippen molar-refractivity contribution in [2.75, 3.05) is 29.7 Å². The molecule has 0 spiro atoms. The van der Waals surface area contributed by atoms with E-state index in [4.69, 9.17) is 27.9 Å². The molecule has 0 amide bonds. The summed E-state index contributed by atoms with van der Waals surface area (Å²) in [6.45, 7) is 1.46. The van der Waals surface area contributed by atoms with Crippen LogP contribution < -0.4 is 4.90 Å². The lowest BCUT2D eigenvalue weighted by Gasteiger charge is -2.22. The summed E-state index contributed by atoms with van der Waals surface area (Å²) in [4.78, 5) is 18.5. The number of aliphatic imine (C=N–C) groups is 1. The summed E-state index contributed by atoms with van der Waals surface area (Å²) in [6.07, 6.45) is 1.72. The SMILES string of the molecule is O=C1OC(c2ccccc2)=N/C1=C\c1ccc(N(CCCl)CCCl)cc1. The molecule has 0 radical (unpaired) electrons. The van der Waals surface area contributed by atoms with E-state index in [2.05, 4.69) is 9.89 Å². The molecule has 2 aromatic carbocycles. The molecule has 0 unspecified atom stereocenters. The molecule has 4 nitrogen and oxygen atoms in total. The van der Waals surface area contributed by atoms with Gasteiger partial charge in [-0.05, 0) is 35.9 Å². The van der Waals surface area contributed by atoms with Gasteiger partial charge in [0.2, 0.25) is 5.90 Å². The summed E-state index contributed by atoms with van der Waals surface area (Å²) < 4.78 is 5.26. The minimum atomic E-state index is -0.446. The molecule has 6 heteroatoms. The second kappa shape index (κ2) is 8.88. The fourth-order valence-electron chi connectivity index (χ4n) is 2.63. The molecule has 1 aliphatic heterocycles. The average molecular weight is 389 g/mol. The van der Waals surface area contributed by atoms with E-state index in [1.807, 2.05) is 54.6 Å². The second-order valence-corrected chi connectivity index (χ2v) is 6.41. The van der Waals surface area contributed by atoms with Crippen molar-refractivity contribution in [1.82, 2.24) is 0 Å². The molecule has 0 fully saturated rings. The summed E-state index contributed by atoms with van der Waals surface area (Å²) in [5.74, 6) is 0.949. The Labute approximate surface area is 162 Å². The van der Waals surface area contributed by atoms with Crippen molar-refractivity contribution >= 4 is 46.8 Å². The number of halogens is 2. The first-order valence-corrected chi connectivity index (χ1v) is 9.33. The molecule has 26 heavy (non-hydrogen) atoms. The standard InChI is InChI=1S/C20H18Cl2N2O2/c21-10-12-24(13-11-22)17-8-6-15(7-9-17)14-18-20(25)26-19(23-18)16-4-2-1-3-5-16/h1-9,14H,10-13H2/b18-14-. The largest absolute Gasteiger partial charge is 0.402 e. The van der Waals surface area contributed by atoms with E-state index >= 15 is 0 Å². The Morgan fingerprint density at radius 3 is 2.23 bits per heavy atom. The van der Waals surface area contributed by atoms with Crippen LogP contribution in [0.4, 0.5) is 5.69 Å². The first kappa shape index (κ1) is 18.5. The van der Waals surface area contributed by atoms with Gasteiger partial charge in [-0.15, -0.1) is 23.2 Å². The van der Waals surface area contributed by atoms with E-state index in [1.165, 1.54) is 0 Å². The van der Waals surface area contributed by atoms with E-state index in [9.17, 15) is 4.79 Å². The predicted molar refractivity (Wildman–Crippen MR) is 107 cm³/mol. The predicted octanol–water partition coefficient (Wildman–Crippen LogP) is 4.32. The fourth-order valence-corrected chi connectivity index (χ4v) is 3.03. The molecule has 1 heterocycles. The van der Waals surface area contributed by atoms with Gasteiger partial charge in [-0.1, -0.05) is 30.3 Å². The molecule has 0 aromatic heterocycles. The Balaban J connectivity index is 1.79. The third kappa shape index (κ3) is 4.45. The van der Waals surface area contributed by atoms with Crippen LogP contribution in [0.1, 0.15) is 11.1 Å². The highest BCUT2D eigenvalue weighted by Crippen LogP contribution is 2.21. The Bertz CT molecular complexity index is 811. The molecule has 134 valence electrons. The third-order valence-corrected chi connectivity index (χ3v) is 4.25. The zero-order chi connectivity index (χ0) is 18.4. The molecular formula is C20H18Cl2N2O2.